The normalized spacial score (nSPS) is 16.9. The highest BCUT2D eigenvalue weighted by molar-refractivity contribution is 7.99. The van der Waals surface area contributed by atoms with Gasteiger partial charge in [-0.05, 0) is 18.1 Å². The molecule has 1 atom stereocenters. The van der Waals surface area contributed by atoms with Crippen molar-refractivity contribution in [2.75, 3.05) is 12.8 Å². The van der Waals surface area contributed by atoms with E-state index in [-0.39, 0.29) is 12.1 Å². The van der Waals surface area contributed by atoms with E-state index >= 15 is 0 Å². The van der Waals surface area contributed by atoms with E-state index in [0.717, 1.165) is 17.7 Å². The van der Waals surface area contributed by atoms with Crippen molar-refractivity contribution in [3.63, 3.8) is 0 Å². The molecular formula is C16H20N4OS. The number of benzene rings is 1. The van der Waals surface area contributed by atoms with Gasteiger partial charge in [0.25, 0.3) is 0 Å². The Bertz CT molecular complexity index is 670. The molecular weight excluding hydrogens is 296 g/mol. The second kappa shape index (κ2) is 6.44. The van der Waals surface area contributed by atoms with Crippen LogP contribution in [0, 0.1) is 0 Å². The molecule has 1 aliphatic heterocycles. The van der Waals surface area contributed by atoms with Crippen LogP contribution < -0.4 is 5.32 Å². The lowest BCUT2D eigenvalue weighted by molar-refractivity contribution is 0.202. The molecule has 116 valence electrons. The molecule has 0 fully saturated rings. The van der Waals surface area contributed by atoms with Crippen LogP contribution in [0.2, 0.25) is 0 Å². The molecule has 22 heavy (non-hydrogen) atoms. The second-order valence-corrected chi connectivity index (χ2v) is 6.69. The van der Waals surface area contributed by atoms with Gasteiger partial charge in [-0.25, -0.2) is 4.79 Å². The SMILES string of the molecule is CN(Cc1cnn(C)c1)C(=O)N[C@@H]1CCSc2ccccc21. The molecule has 0 bridgehead atoms. The van der Waals surface area contributed by atoms with Gasteiger partial charge in [0.15, 0.2) is 0 Å². The lowest BCUT2D eigenvalue weighted by Gasteiger charge is -2.28. The van der Waals surface area contributed by atoms with Crippen LogP contribution in [-0.2, 0) is 13.6 Å². The van der Waals surface area contributed by atoms with Crippen LogP contribution in [0.25, 0.3) is 0 Å². The zero-order valence-corrected chi connectivity index (χ0v) is 13.6. The summed E-state index contributed by atoms with van der Waals surface area (Å²) in [5.41, 5.74) is 2.25. The van der Waals surface area contributed by atoms with E-state index in [0.29, 0.717) is 6.54 Å². The van der Waals surface area contributed by atoms with E-state index in [1.165, 1.54) is 10.5 Å². The van der Waals surface area contributed by atoms with Gasteiger partial charge in [-0.1, -0.05) is 18.2 Å². The minimum atomic E-state index is -0.0458. The van der Waals surface area contributed by atoms with E-state index in [4.69, 9.17) is 0 Å². The molecule has 1 N–H and O–H groups in total. The molecule has 5 nitrogen and oxygen atoms in total. The van der Waals surface area contributed by atoms with Crippen LogP contribution in [0.3, 0.4) is 0 Å². The van der Waals surface area contributed by atoms with Gasteiger partial charge in [-0.2, -0.15) is 5.10 Å². The summed E-state index contributed by atoms with van der Waals surface area (Å²) < 4.78 is 1.75. The summed E-state index contributed by atoms with van der Waals surface area (Å²) in [6, 6.07) is 8.36. The number of fused-ring (bicyclic) bond motifs is 1. The molecule has 3 rings (SSSR count). The lowest BCUT2D eigenvalue weighted by Crippen LogP contribution is -2.39. The van der Waals surface area contributed by atoms with Crippen LogP contribution >= 0.6 is 11.8 Å². The predicted molar refractivity (Wildman–Crippen MR) is 87.7 cm³/mol. The molecule has 6 heteroatoms. The fraction of sp³-hybridized carbons (Fsp3) is 0.375. The third-order valence-electron chi connectivity index (χ3n) is 3.78. The molecule has 0 saturated heterocycles. The summed E-state index contributed by atoms with van der Waals surface area (Å²) in [6.45, 7) is 0.558. The minimum absolute atomic E-state index is 0.0458. The van der Waals surface area contributed by atoms with Crippen molar-refractivity contribution in [2.45, 2.75) is 23.9 Å². The average molecular weight is 316 g/mol. The van der Waals surface area contributed by atoms with Crippen LogP contribution in [0.4, 0.5) is 4.79 Å². The molecule has 0 radical (unpaired) electrons. The predicted octanol–water partition coefficient (Wildman–Crippen LogP) is 2.80. The molecule has 0 spiro atoms. The van der Waals surface area contributed by atoms with Gasteiger partial charge in [-0.3, -0.25) is 4.68 Å². The highest BCUT2D eigenvalue weighted by Crippen LogP contribution is 2.35. The van der Waals surface area contributed by atoms with Crippen molar-refractivity contribution in [1.29, 1.82) is 0 Å². The molecule has 0 saturated carbocycles. The third-order valence-corrected chi connectivity index (χ3v) is 4.90. The number of hydrogen-bond acceptors (Lipinski definition) is 3. The number of nitrogens with one attached hydrogen (secondary N) is 1. The van der Waals surface area contributed by atoms with Crippen molar-refractivity contribution in [3.05, 3.63) is 47.8 Å². The first-order chi connectivity index (χ1) is 10.6. The summed E-state index contributed by atoms with van der Waals surface area (Å²) in [5.74, 6) is 1.04. The monoisotopic (exact) mass is 316 g/mol. The molecule has 2 heterocycles. The summed E-state index contributed by atoms with van der Waals surface area (Å²) in [4.78, 5) is 15.4. The Kier molecular flexibility index (Phi) is 4.38. The zero-order chi connectivity index (χ0) is 15.5. The van der Waals surface area contributed by atoms with Crippen molar-refractivity contribution < 1.29 is 4.79 Å². The van der Waals surface area contributed by atoms with E-state index in [1.54, 1.807) is 15.8 Å². The number of thioether (sulfide) groups is 1. The second-order valence-electron chi connectivity index (χ2n) is 5.56. The zero-order valence-electron chi connectivity index (χ0n) is 12.8. The van der Waals surface area contributed by atoms with E-state index in [9.17, 15) is 4.79 Å². The maximum Gasteiger partial charge on any atom is 0.317 e. The molecule has 2 amide bonds. The Morgan fingerprint density at radius 3 is 3.09 bits per heavy atom. The van der Waals surface area contributed by atoms with Crippen LogP contribution in [-0.4, -0.2) is 33.5 Å². The van der Waals surface area contributed by atoms with E-state index in [1.807, 2.05) is 44.2 Å². The van der Waals surface area contributed by atoms with Crippen LogP contribution in [0.1, 0.15) is 23.6 Å². The van der Waals surface area contributed by atoms with Crippen molar-refractivity contribution in [2.24, 2.45) is 7.05 Å². The molecule has 1 aliphatic rings. The highest BCUT2D eigenvalue weighted by atomic mass is 32.2. The maximum atomic E-state index is 12.4. The smallest absolute Gasteiger partial charge is 0.317 e. The van der Waals surface area contributed by atoms with Gasteiger partial charge >= 0.3 is 6.03 Å². The summed E-state index contributed by atoms with van der Waals surface area (Å²) in [7, 11) is 3.69. The Morgan fingerprint density at radius 1 is 1.50 bits per heavy atom. The maximum absolute atomic E-state index is 12.4. The van der Waals surface area contributed by atoms with Crippen molar-refractivity contribution in [1.82, 2.24) is 20.0 Å². The molecule has 1 aromatic carbocycles. The van der Waals surface area contributed by atoms with Gasteiger partial charge in [0.05, 0.1) is 18.8 Å². The Morgan fingerprint density at radius 2 is 2.32 bits per heavy atom. The number of amides is 2. The van der Waals surface area contributed by atoms with Gasteiger partial charge in [0.1, 0.15) is 0 Å². The van der Waals surface area contributed by atoms with E-state index < -0.39 is 0 Å². The van der Waals surface area contributed by atoms with E-state index in [2.05, 4.69) is 22.5 Å². The van der Waals surface area contributed by atoms with Crippen LogP contribution in [0.15, 0.2) is 41.6 Å². The first-order valence-electron chi connectivity index (χ1n) is 7.34. The fourth-order valence-electron chi connectivity index (χ4n) is 2.65. The average Bonchev–Trinajstić information content (AvgIpc) is 2.92. The molecule has 0 unspecified atom stereocenters. The first-order valence-corrected chi connectivity index (χ1v) is 8.33. The minimum Gasteiger partial charge on any atom is -0.331 e. The highest BCUT2D eigenvalue weighted by Gasteiger charge is 2.23. The van der Waals surface area contributed by atoms with Gasteiger partial charge in [0.2, 0.25) is 0 Å². The fourth-order valence-corrected chi connectivity index (χ4v) is 3.78. The Balaban J connectivity index is 1.64. The molecule has 1 aromatic heterocycles. The Hall–Kier alpha value is -1.95. The molecule has 0 aliphatic carbocycles. The first kappa shape index (κ1) is 15.0. The van der Waals surface area contributed by atoms with Gasteiger partial charge < -0.3 is 10.2 Å². The van der Waals surface area contributed by atoms with Crippen molar-refractivity contribution in [3.8, 4) is 0 Å². The standard InChI is InChI=1S/C16H20N4OS/c1-19(10-12-9-17-20(2)11-12)16(21)18-14-7-8-22-15-6-4-3-5-13(14)15/h3-6,9,11,14H,7-8,10H2,1-2H3,(H,18,21)/t14-/m1/s1. The number of aryl methyl sites for hydroxylation is 1. The number of rotatable bonds is 3. The third kappa shape index (κ3) is 3.27. The summed E-state index contributed by atoms with van der Waals surface area (Å²) >= 11 is 1.86. The number of carbonyl (C=O) groups excluding carboxylic acids is 1. The number of nitrogens with zero attached hydrogens (tertiary/aromatic N) is 3. The summed E-state index contributed by atoms with van der Waals surface area (Å²) in [5, 5.41) is 7.28. The Labute approximate surface area is 134 Å². The largest absolute Gasteiger partial charge is 0.331 e. The number of hydrogen-bond donors (Lipinski definition) is 1. The lowest BCUT2D eigenvalue weighted by atomic mass is 10.0. The van der Waals surface area contributed by atoms with Gasteiger partial charge in [0, 0.05) is 36.5 Å². The number of aromatic nitrogens is 2. The van der Waals surface area contributed by atoms with Crippen molar-refractivity contribution >= 4 is 17.8 Å². The van der Waals surface area contributed by atoms with Gasteiger partial charge in [-0.15, -0.1) is 11.8 Å². The van der Waals surface area contributed by atoms with Crippen LogP contribution in [0.5, 0.6) is 0 Å². The molecule has 2 aromatic rings. The quantitative estimate of drug-likeness (QED) is 0.947. The summed E-state index contributed by atoms with van der Waals surface area (Å²) in [6.07, 6.45) is 4.68. The number of urea groups is 1. The number of carbonyl (C=O) groups is 1. The topological polar surface area (TPSA) is 50.2 Å².